The minimum Gasteiger partial charge on any atom is -0.495 e. The van der Waals surface area contributed by atoms with E-state index in [-0.39, 0.29) is 17.3 Å². The first-order valence-corrected chi connectivity index (χ1v) is 9.24. The van der Waals surface area contributed by atoms with Gasteiger partial charge in [0, 0.05) is 0 Å². The highest BCUT2D eigenvalue weighted by Crippen LogP contribution is 2.30. The van der Waals surface area contributed by atoms with Gasteiger partial charge in [-0.1, -0.05) is 18.2 Å². The van der Waals surface area contributed by atoms with E-state index in [9.17, 15) is 13.2 Å². The van der Waals surface area contributed by atoms with Crippen molar-refractivity contribution in [3.05, 3.63) is 48.0 Å². The summed E-state index contributed by atoms with van der Waals surface area (Å²) in [6, 6.07) is 11.6. The molecule has 8 nitrogen and oxygen atoms in total. The minimum atomic E-state index is -4.02. The summed E-state index contributed by atoms with van der Waals surface area (Å²) in [4.78, 5) is 14.2. The first-order chi connectivity index (χ1) is 12.4. The molecule has 1 atom stereocenters. The molecule has 9 heteroatoms. The lowest BCUT2D eigenvalue weighted by Gasteiger charge is -2.25. The van der Waals surface area contributed by atoms with Crippen LogP contribution in [0.4, 0.5) is 0 Å². The third kappa shape index (κ3) is 3.73. The topological polar surface area (TPSA) is 103 Å². The second-order valence-corrected chi connectivity index (χ2v) is 7.26. The molecule has 0 bridgehead atoms. The number of aryl methyl sites for hydroxylation is 1. The summed E-state index contributed by atoms with van der Waals surface area (Å²) in [6.07, 6.45) is -0.980. The molecular weight excluding hydrogens is 360 g/mol. The van der Waals surface area contributed by atoms with Crippen molar-refractivity contribution >= 4 is 15.9 Å². The largest absolute Gasteiger partial charge is 0.495 e. The molecule has 26 heavy (non-hydrogen) atoms. The van der Waals surface area contributed by atoms with Crippen molar-refractivity contribution in [2.45, 2.75) is 17.9 Å². The number of benzene rings is 2. The Balaban J connectivity index is 1.69. The van der Waals surface area contributed by atoms with E-state index in [1.165, 1.54) is 13.2 Å². The van der Waals surface area contributed by atoms with Crippen molar-refractivity contribution in [1.82, 2.24) is 10.3 Å². The number of ether oxygens (including phenoxy) is 3. The fourth-order valence-corrected chi connectivity index (χ4v) is 3.50. The van der Waals surface area contributed by atoms with E-state index in [2.05, 4.69) is 10.3 Å². The van der Waals surface area contributed by atoms with E-state index < -0.39 is 22.0 Å². The van der Waals surface area contributed by atoms with Crippen LogP contribution in [0.2, 0.25) is 0 Å². The van der Waals surface area contributed by atoms with Crippen LogP contribution in [0.3, 0.4) is 0 Å². The molecule has 0 aliphatic carbocycles. The average Bonchev–Trinajstić information content (AvgIpc) is 2.65. The SMILES string of the molecule is COc1ccc(C)cc1S(=O)(=O)NNC(=O)[C@@H]1COc2ccccc2O1. The molecule has 1 amide bonds. The van der Waals surface area contributed by atoms with Crippen LogP contribution in [0.1, 0.15) is 5.56 Å². The summed E-state index contributed by atoms with van der Waals surface area (Å²) in [5.74, 6) is 0.446. The third-order valence-corrected chi connectivity index (χ3v) is 4.99. The van der Waals surface area contributed by atoms with E-state index in [4.69, 9.17) is 14.2 Å². The van der Waals surface area contributed by atoms with Crippen LogP contribution < -0.4 is 24.5 Å². The number of para-hydroxylation sites is 2. The molecule has 1 heterocycles. The molecule has 0 spiro atoms. The second kappa shape index (κ2) is 7.22. The van der Waals surface area contributed by atoms with Gasteiger partial charge < -0.3 is 14.2 Å². The molecule has 0 radical (unpaired) electrons. The lowest BCUT2D eigenvalue weighted by molar-refractivity contribution is -0.130. The molecule has 1 aliphatic rings. The van der Waals surface area contributed by atoms with Gasteiger partial charge in [-0.05, 0) is 36.8 Å². The summed E-state index contributed by atoms with van der Waals surface area (Å²) >= 11 is 0. The summed E-state index contributed by atoms with van der Waals surface area (Å²) in [7, 11) is -2.66. The number of carbonyl (C=O) groups excluding carboxylic acids is 1. The van der Waals surface area contributed by atoms with Crippen molar-refractivity contribution < 1.29 is 27.4 Å². The van der Waals surface area contributed by atoms with Crippen LogP contribution in [-0.4, -0.2) is 34.1 Å². The number of fused-ring (bicyclic) bond motifs is 1. The van der Waals surface area contributed by atoms with E-state index in [0.29, 0.717) is 11.5 Å². The fourth-order valence-electron chi connectivity index (χ4n) is 2.40. The molecule has 0 saturated carbocycles. The average molecular weight is 378 g/mol. The maximum Gasteiger partial charge on any atom is 0.279 e. The Morgan fingerprint density at radius 1 is 1.19 bits per heavy atom. The molecule has 0 saturated heterocycles. The van der Waals surface area contributed by atoms with Crippen LogP contribution in [-0.2, 0) is 14.8 Å². The van der Waals surface area contributed by atoms with Gasteiger partial charge in [0.05, 0.1) is 7.11 Å². The monoisotopic (exact) mass is 378 g/mol. The van der Waals surface area contributed by atoms with Crippen molar-refractivity contribution in [3.8, 4) is 17.2 Å². The Kier molecular flexibility index (Phi) is 5.01. The molecule has 0 aromatic heterocycles. The maximum atomic E-state index is 12.5. The zero-order chi connectivity index (χ0) is 18.7. The Labute approximate surface area is 151 Å². The molecule has 138 valence electrons. The van der Waals surface area contributed by atoms with Gasteiger partial charge in [0.2, 0.25) is 6.10 Å². The molecule has 3 rings (SSSR count). The highest BCUT2D eigenvalue weighted by atomic mass is 32.2. The van der Waals surface area contributed by atoms with Crippen LogP contribution in [0.25, 0.3) is 0 Å². The lowest BCUT2D eigenvalue weighted by Crippen LogP contribution is -2.50. The lowest BCUT2D eigenvalue weighted by atomic mass is 10.2. The van der Waals surface area contributed by atoms with Crippen LogP contribution >= 0.6 is 0 Å². The van der Waals surface area contributed by atoms with E-state index in [1.54, 1.807) is 43.3 Å². The number of methoxy groups -OCH3 is 1. The van der Waals surface area contributed by atoms with Gasteiger partial charge in [-0.25, -0.2) is 8.42 Å². The standard InChI is InChI=1S/C17H18N2O6S/c1-11-7-8-14(23-2)16(9-11)26(21,22)19-18-17(20)15-10-24-12-5-3-4-6-13(12)25-15/h3-9,15,19H,10H2,1-2H3,(H,18,20)/t15-/m0/s1. The number of carbonyl (C=O) groups is 1. The third-order valence-electron chi connectivity index (χ3n) is 3.72. The van der Waals surface area contributed by atoms with Crippen molar-refractivity contribution in [2.24, 2.45) is 0 Å². The van der Waals surface area contributed by atoms with Crippen LogP contribution in [0.15, 0.2) is 47.4 Å². The number of hydrogen-bond donors (Lipinski definition) is 2. The van der Waals surface area contributed by atoms with Gasteiger partial charge >= 0.3 is 0 Å². The zero-order valence-electron chi connectivity index (χ0n) is 14.2. The Morgan fingerprint density at radius 2 is 1.92 bits per heavy atom. The Bertz CT molecular complexity index is 929. The maximum absolute atomic E-state index is 12.5. The van der Waals surface area contributed by atoms with Gasteiger partial charge in [0.1, 0.15) is 17.3 Å². The van der Waals surface area contributed by atoms with Gasteiger partial charge in [0.15, 0.2) is 11.5 Å². The molecule has 0 fully saturated rings. The molecule has 1 aliphatic heterocycles. The first kappa shape index (κ1) is 18.0. The van der Waals surface area contributed by atoms with Crippen molar-refractivity contribution in [2.75, 3.05) is 13.7 Å². The van der Waals surface area contributed by atoms with Gasteiger partial charge in [-0.3, -0.25) is 10.2 Å². The number of hydrogen-bond acceptors (Lipinski definition) is 6. The van der Waals surface area contributed by atoms with Gasteiger partial charge in [-0.2, -0.15) is 0 Å². The van der Waals surface area contributed by atoms with Crippen molar-refractivity contribution in [3.63, 3.8) is 0 Å². The first-order valence-electron chi connectivity index (χ1n) is 7.75. The molecule has 2 aromatic carbocycles. The predicted octanol–water partition coefficient (Wildman–Crippen LogP) is 1.15. The molecule has 0 unspecified atom stereocenters. The molecular formula is C17H18N2O6S. The Hall–Kier alpha value is -2.78. The van der Waals surface area contributed by atoms with Crippen molar-refractivity contribution in [1.29, 1.82) is 0 Å². The highest BCUT2D eigenvalue weighted by Gasteiger charge is 2.29. The number of sulfonamides is 1. The summed E-state index contributed by atoms with van der Waals surface area (Å²) in [6.45, 7) is 1.72. The number of nitrogens with one attached hydrogen (secondary N) is 2. The quantitative estimate of drug-likeness (QED) is 0.757. The van der Waals surface area contributed by atoms with Crippen LogP contribution in [0, 0.1) is 6.92 Å². The smallest absolute Gasteiger partial charge is 0.279 e. The normalized spacial score (nSPS) is 16.0. The molecule has 2 aromatic rings. The summed E-state index contributed by atoms with van der Waals surface area (Å²) < 4.78 is 41.0. The van der Waals surface area contributed by atoms with E-state index >= 15 is 0 Å². The highest BCUT2D eigenvalue weighted by molar-refractivity contribution is 7.89. The van der Waals surface area contributed by atoms with E-state index in [1.807, 2.05) is 0 Å². The molecule has 2 N–H and O–H groups in total. The fraction of sp³-hybridized carbons (Fsp3) is 0.235. The predicted molar refractivity (Wildman–Crippen MR) is 92.5 cm³/mol. The zero-order valence-corrected chi connectivity index (χ0v) is 15.0. The minimum absolute atomic E-state index is 0.0294. The summed E-state index contributed by atoms with van der Waals surface area (Å²) in [5, 5.41) is 0. The number of amides is 1. The Morgan fingerprint density at radius 3 is 2.65 bits per heavy atom. The van der Waals surface area contributed by atoms with Gasteiger partial charge in [0.25, 0.3) is 15.9 Å². The number of hydrazine groups is 1. The van der Waals surface area contributed by atoms with Crippen LogP contribution in [0.5, 0.6) is 17.2 Å². The summed E-state index contributed by atoms with van der Waals surface area (Å²) in [5.41, 5.74) is 2.89. The number of rotatable bonds is 5. The second-order valence-electron chi connectivity index (χ2n) is 5.61. The van der Waals surface area contributed by atoms with E-state index in [0.717, 1.165) is 5.56 Å². The van der Waals surface area contributed by atoms with Gasteiger partial charge in [-0.15, -0.1) is 4.83 Å².